The van der Waals surface area contributed by atoms with Crippen molar-refractivity contribution in [1.82, 2.24) is 9.88 Å². The highest BCUT2D eigenvalue weighted by molar-refractivity contribution is 5.94. The summed E-state index contributed by atoms with van der Waals surface area (Å²) < 4.78 is 13.4. The first-order valence-electron chi connectivity index (χ1n) is 5.25. The van der Waals surface area contributed by atoms with Gasteiger partial charge in [0, 0.05) is 18.8 Å². The van der Waals surface area contributed by atoms with E-state index in [1.807, 2.05) is 0 Å². The summed E-state index contributed by atoms with van der Waals surface area (Å²) >= 11 is 0. The van der Waals surface area contributed by atoms with Crippen molar-refractivity contribution in [1.29, 1.82) is 0 Å². The van der Waals surface area contributed by atoms with Gasteiger partial charge in [-0.3, -0.25) is 9.78 Å². The van der Waals surface area contributed by atoms with Crippen LogP contribution in [0.5, 0.6) is 0 Å². The second kappa shape index (κ2) is 4.43. The molecular formula is C12H13FN2O. The van der Waals surface area contributed by atoms with Gasteiger partial charge in [0.25, 0.3) is 5.91 Å². The molecule has 1 aliphatic carbocycles. The maximum absolute atomic E-state index is 13.4. The van der Waals surface area contributed by atoms with Crippen LogP contribution >= 0.6 is 0 Å². The quantitative estimate of drug-likeness (QED) is 0.727. The van der Waals surface area contributed by atoms with E-state index in [-0.39, 0.29) is 17.5 Å². The molecule has 84 valence electrons. The first-order valence-corrected chi connectivity index (χ1v) is 5.25. The molecule has 0 aromatic carbocycles. The summed E-state index contributed by atoms with van der Waals surface area (Å²) in [5.74, 6) is -0.843. The SMILES string of the molecule is C=CCN(C(=O)c1ccncc1F)C1CC1. The molecule has 1 fully saturated rings. The maximum atomic E-state index is 13.4. The number of rotatable bonds is 4. The van der Waals surface area contributed by atoms with Crippen molar-refractivity contribution < 1.29 is 9.18 Å². The number of hydrogen-bond donors (Lipinski definition) is 0. The smallest absolute Gasteiger partial charge is 0.257 e. The normalized spacial score (nSPS) is 14.6. The third-order valence-electron chi connectivity index (χ3n) is 2.58. The lowest BCUT2D eigenvalue weighted by atomic mass is 10.2. The molecule has 0 radical (unpaired) electrons. The summed E-state index contributed by atoms with van der Waals surface area (Å²) in [5.41, 5.74) is 0.0868. The summed E-state index contributed by atoms with van der Waals surface area (Å²) in [4.78, 5) is 17.3. The number of hydrogen-bond acceptors (Lipinski definition) is 2. The van der Waals surface area contributed by atoms with Gasteiger partial charge < -0.3 is 4.90 Å². The van der Waals surface area contributed by atoms with Crippen LogP contribution in [0.3, 0.4) is 0 Å². The van der Waals surface area contributed by atoms with Gasteiger partial charge in [0.15, 0.2) is 5.82 Å². The van der Waals surface area contributed by atoms with E-state index in [1.54, 1.807) is 11.0 Å². The van der Waals surface area contributed by atoms with Crippen LogP contribution < -0.4 is 0 Å². The summed E-state index contributed by atoms with van der Waals surface area (Å²) in [6.07, 6.45) is 6.13. The van der Waals surface area contributed by atoms with Crippen molar-refractivity contribution in [2.45, 2.75) is 18.9 Å². The lowest BCUT2D eigenvalue weighted by molar-refractivity contribution is 0.0758. The molecule has 1 aliphatic rings. The summed E-state index contributed by atoms with van der Waals surface area (Å²) in [5, 5.41) is 0. The van der Waals surface area contributed by atoms with Crippen LogP contribution in [0.2, 0.25) is 0 Å². The van der Waals surface area contributed by atoms with E-state index in [4.69, 9.17) is 0 Å². The first kappa shape index (κ1) is 10.8. The van der Waals surface area contributed by atoms with Crippen molar-refractivity contribution in [3.8, 4) is 0 Å². The van der Waals surface area contributed by atoms with Gasteiger partial charge in [0.2, 0.25) is 0 Å². The first-order chi connectivity index (χ1) is 7.74. The monoisotopic (exact) mass is 220 g/mol. The predicted octanol–water partition coefficient (Wildman–Crippen LogP) is 2.01. The molecule has 1 saturated carbocycles. The number of carbonyl (C=O) groups excluding carboxylic acids is 1. The highest BCUT2D eigenvalue weighted by Crippen LogP contribution is 2.28. The Hall–Kier alpha value is -1.71. The van der Waals surface area contributed by atoms with Crippen molar-refractivity contribution in [2.75, 3.05) is 6.54 Å². The van der Waals surface area contributed by atoms with Crippen molar-refractivity contribution in [3.63, 3.8) is 0 Å². The van der Waals surface area contributed by atoms with Gasteiger partial charge in [0.05, 0.1) is 11.8 Å². The second-order valence-electron chi connectivity index (χ2n) is 3.83. The third kappa shape index (κ3) is 2.10. The van der Waals surface area contributed by atoms with Crippen molar-refractivity contribution >= 4 is 5.91 Å². The number of halogens is 1. The number of pyridine rings is 1. The highest BCUT2D eigenvalue weighted by Gasteiger charge is 2.33. The van der Waals surface area contributed by atoms with Crippen LogP contribution in [0.25, 0.3) is 0 Å². The average molecular weight is 220 g/mol. The van der Waals surface area contributed by atoms with Crippen LogP contribution in [0.1, 0.15) is 23.2 Å². The zero-order valence-electron chi connectivity index (χ0n) is 8.90. The minimum Gasteiger partial charge on any atom is -0.332 e. The van der Waals surface area contributed by atoms with E-state index in [0.717, 1.165) is 19.0 Å². The Morgan fingerprint density at radius 2 is 2.44 bits per heavy atom. The van der Waals surface area contributed by atoms with Crippen molar-refractivity contribution in [2.24, 2.45) is 0 Å². The summed E-state index contributed by atoms with van der Waals surface area (Å²) in [7, 11) is 0. The minimum absolute atomic E-state index is 0.0868. The topological polar surface area (TPSA) is 33.2 Å². The molecule has 0 aliphatic heterocycles. The Balaban J connectivity index is 2.22. The van der Waals surface area contributed by atoms with Crippen LogP contribution in [0.15, 0.2) is 31.1 Å². The fourth-order valence-electron chi connectivity index (χ4n) is 1.63. The molecule has 3 nitrogen and oxygen atoms in total. The second-order valence-corrected chi connectivity index (χ2v) is 3.83. The Labute approximate surface area is 93.6 Å². The molecule has 2 rings (SSSR count). The molecule has 0 bridgehead atoms. The lowest BCUT2D eigenvalue weighted by Crippen LogP contribution is -2.33. The van der Waals surface area contributed by atoms with Crippen LogP contribution in [-0.2, 0) is 0 Å². The van der Waals surface area contributed by atoms with E-state index in [2.05, 4.69) is 11.6 Å². The van der Waals surface area contributed by atoms with Gasteiger partial charge in [0.1, 0.15) is 0 Å². The summed E-state index contributed by atoms with van der Waals surface area (Å²) in [6.45, 7) is 4.07. The lowest BCUT2D eigenvalue weighted by Gasteiger charge is -2.20. The van der Waals surface area contributed by atoms with Gasteiger partial charge in [-0.1, -0.05) is 6.08 Å². The van der Waals surface area contributed by atoms with Gasteiger partial charge in [-0.15, -0.1) is 6.58 Å². The van der Waals surface area contributed by atoms with Gasteiger partial charge in [-0.05, 0) is 18.9 Å². The highest BCUT2D eigenvalue weighted by atomic mass is 19.1. The Bertz CT molecular complexity index is 415. The van der Waals surface area contributed by atoms with Gasteiger partial charge >= 0.3 is 0 Å². The largest absolute Gasteiger partial charge is 0.332 e. The standard InChI is InChI=1S/C12H13FN2O/c1-2-7-15(9-3-4-9)12(16)10-5-6-14-8-11(10)13/h2,5-6,8-9H,1,3-4,7H2. The number of nitrogens with zero attached hydrogens (tertiary/aromatic N) is 2. The fourth-order valence-corrected chi connectivity index (χ4v) is 1.63. The van der Waals surface area contributed by atoms with E-state index >= 15 is 0 Å². The fraction of sp³-hybridized carbons (Fsp3) is 0.333. The molecular weight excluding hydrogens is 207 g/mol. The number of amides is 1. The molecule has 0 atom stereocenters. The van der Waals surface area contributed by atoms with Crippen LogP contribution in [0, 0.1) is 5.82 Å². The molecule has 0 saturated heterocycles. The maximum Gasteiger partial charge on any atom is 0.257 e. The molecule has 1 aromatic rings. The molecule has 0 N–H and O–H groups in total. The number of carbonyl (C=O) groups is 1. The average Bonchev–Trinajstić information content (AvgIpc) is 3.09. The van der Waals surface area contributed by atoms with Gasteiger partial charge in [-0.25, -0.2) is 4.39 Å². The zero-order valence-corrected chi connectivity index (χ0v) is 8.90. The van der Waals surface area contributed by atoms with E-state index < -0.39 is 5.82 Å². The molecule has 16 heavy (non-hydrogen) atoms. The Morgan fingerprint density at radius 3 is 3.00 bits per heavy atom. The van der Waals surface area contributed by atoms with E-state index in [9.17, 15) is 9.18 Å². The third-order valence-corrected chi connectivity index (χ3v) is 2.58. The Kier molecular flexibility index (Phi) is 2.99. The minimum atomic E-state index is -0.567. The molecule has 0 unspecified atom stereocenters. The molecule has 1 heterocycles. The van der Waals surface area contributed by atoms with Crippen LogP contribution in [-0.4, -0.2) is 28.4 Å². The number of aromatic nitrogens is 1. The van der Waals surface area contributed by atoms with Crippen LogP contribution in [0.4, 0.5) is 4.39 Å². The summed E-state index contributed by atoms with van der Waals surface area (Å²) in [6, 6.07) is 1.66. The molecule has 4 heteroatoms. The van der Waals surface area contributed by atoms with E-state index in [1.165, 1.54) is 12.3 Å². The Morgan fingerprint density at radius 1 is 1.69 bits per heavy atom. The zero-order chi connectivity index (χ0) is 11.5. The molecule has 1 amide bonds. The molecule has 0 spiro atoms. The van der Waals surface area contributed by atoms with Gasteiger partial charge in [-0.2, -0.15) is 0 Å². The molecule has 1 aromatic heterocycles. The van der Waals surface area contributed by atoms with Crippen molar-refractivity contribution in [3.05, 3.63) is 42.5 Å². The predicted molar refractivity (Wildman–Crippen MR) is 58.5 cm³/mol. The van der Waals surface area contributed by atoms with E-state index in [0.29, 0.717) is 6.54 Å².